The number of hydrogen-bond acceptors (Lipinski definition) is 7. The van der Waals surface area contributed by atoms with Gasteiger partial charge in [0.1, 0.15) is 30.6 Å². The number of nitrogens with one attached hydrogen (secondary N) is 1. The average molecular weight is 478 g/mol. The Morgan fingerprint density at radius 3 is 2.50 bits per heavy atom. The van der Waals surface area contributed by atoms with Crippen LogP contribution in [0.15, 0.2) is 41.5 Å². The lowest BCUT2D eigenvalue weighted by Gasteiger charge is -2.30. The van der Waals surface area contributed by atoms with Crippen LogP contribution in [0.1, 0.15) is 16.2 Å². The summed E-state index contributed by atoms with van der Waals surface area (Å²) in [4.78, 5) is 33.5. The van der Waals surface area contributed by atoms with Crippen LogP contribution in [-0.4, -0.2) is 58.9 Å². The molecule has 1 amide bonds. The fourth-order valence-corrected chi connectivity index (χ4v) is 2.50. The zero-order chi connectivity index (χ0) is 23.9. The number of amides is 1. The Kier molecular flexibility index (Phi) is 8.05. The maximum atomic E-state index is 13.7. The van der Waals surface area contributed by atoms with Gasteiger partial charge in [0.15, 0.2) is 5.54 Å². The van der Waals surface area contributed by atoms with E-state index in [1.807, 2.05) is 0 Å². The summed E-state index contributed by atoms with van der Waals surface area (Å²) in [5, 5.41) is 10.2. The number of hydrogen-bond donors (Lipinski definition) is 3. The molecule has 2 aromatic rings. The first-order valence-corrected chi connectivity index (χ1v) is 9.03. The van der Waals surface area contributed by atoms with Crippen molar-refractivity contribution in [3.8, 4) is 0 Å². The largest absolute Gasteiger partial charge is 0.490 e. The molecular weight excluding hydrogens is 462 g/mol. The molecule has 0 aromatic carbocycles. The Bertz CT molecular complexity index is 1000. The summed E-state index contributed by atoms with van der Waals surface area (Å²) in [6, 6.07) is 7.89. The number of carbonyl (C=O) groups is 2. The second-order valence-electron chi connectivity index (χ2n) is 6.29. The summed E-state index contributed by atoms with van der Waals surface area (Å²) in [5.41, 5.74) is 4.87. The molecule has 0 fully saturated rings. The number of aliphatic imine (C=N–C) groups is 1. The summed E-state index contributed by atoms with van der Waals surface area (Å²) in [7, 11) is 0. The quantitative estimate of drug-likeness (QED) is 0.575. The van der Waals surface area contributed by atoms with Gasteiger partial charge in [-0.2, -0.15) is 13.2 Å². The van der Waals surface area contributed by atoms with E-state index in [-0.39, 0.29) is 30.6 Å². The van der Waals surface area contributed by atoms with E-state index in [9.17, 15) is 22.4 Å². The molecule has 0 aliphatic carbocycles. The van der Waals surface area contributed by atoms with Crippen LogP contribution in [0.4, 0.5) is 23.4 Å². The number of aromatic nitrogens is 2. The lowest BCUT2D eigenvalue weighted by atomic mass is 9.97. The van der Waals surface area contributed by atoms with E-state index in [2.05, 4.69) is 20.3 Å². The highest BCUT2D eigenvalue weighted by Gasteiger charge is 2.38. The summed E-state index contributed by atoms with van der Waals surface area (Å²) in [6.07, 6.45) is -3.71. The first-order valence-electron chi connectivity index (χ1n) is 8.65. The number of anilines is 1. The van der Waals surface area contributed by atoms with Crippen LogP contribution in [-0.2, 0) is 15.1 Å². The average Bonchev–Trinajstić information content (AvgIpc) is 2.74. The first kappa shape index (κ1) is 24.9. The molecule has 0 saturated heterocycles. The topological polar surface area (TPSA) is 140 Å². The zero-order valence-electron chi connectivity index (χ0n) is 16.1. The molecule has 1 aliphatic heterocycles. The van der Waals surface area contributed by atoms with Crippen molar-refractivity contribution >= 4 is 35.1 Å². The standard InChI is InChI=1S/C16H15ClFN5O2.C2HF3O2/c17-10-4-5-11(20-6-10)15(24)22-14-3-1-2-12(21-14)16(8-18)9-25-7-13(19)23-16;3-2(4,5)1(6)7/h1-6H,7-9H2,(H2,19,23)(H,21,22,24);(H,6,7). The fraction of sp³-hybridized carbons (Fsp3) is 0.278. The fourth-order valence-electron chi connectivity index (χ4n) is 2.39. The monoisotopic (exact) mass is 477 g/mol. The number of carboxylic acids is 1. The minimum absolute atomic E-state index is 0.0212. The van der Waals surface area contributed by atoms with Gasteiger partial charge in [-0.05, 0) is 24.3 Å². The van der Waals surface area contributed by atoms with E-state index < -0.39 is 30.3 Å². The smallest absolute Gasteiger partial charge is 0.475 e. The van der Waals surface area contributed by atoms with Crippen LogP contribution in [0.3, 0.4) is 0 Å². The van der Waals surface area contributed by atoms with Gasteiger partial charge in [-0.1, -0.05) is 17.7 Å². The molecule has 1 aliphatic rings. The normalized spacial score (nSPS) is 18.1. The highest BCUT2D eigenvalue weighted by molar-refractivity contribution is 6.30. The van der Waals surface area contributed by atoms with Gasteiger partial charge in [0.2, 0.25) is 0 Å². The Hall–Kier alpha value is -3.32. The molecule has 14 heteroatoms. The molecule has 9 nitrogen and oxygen atoms in total. The van der Waals surface area contributed by atoms with E-state index in [1.54, 1.807) is 24.3 Å². The Labute approximate surface area is 183 Å². The molecule has 3 rings (SSSR count). The molecule has 1 atom stereocenters. The number of nitrogens with zero attached hydrogens (tertiary/aromatic N) is 3. The molecule has 3 heterocycles. The van der Waals surface area contributed by atoms with Crippen molar-refractivity contribution in [3.05, 3.63) is 52.9 Å². The summed E-state index contributed by atoms with van der Waals surface area (Å²) in [6.45, 7) is -0.648. The highest BCUT2D eigenvalue weighted by atomic mass is 35.5. The van der Waals surface area contributed by atoms with Gasteiger partial charge >= 0.3 is 12.1 Å². The molecule has 4 N–H and O–H groups in total. The van der Waals surface area contributed by atoms with E-state index in [4.69, 9.17) is 32.0 Å². The number of pyridine rings is 2. The number of aliphatic carboxylic acids is 1. The minimum atomic E-state index is -5.08. The number of rotatable bonds is 4. The lowest BCUT2D eigenvalue weighted by Crippen LogP contribution is -2.42. The van der Waals surface area contributed by atoms with E-state index in [0.717, 1.165) is 0 Å². The lowest BCUT2D eigenvalue weighted by molar-refractivity contribution is -0.192. The third kappa shape index (κ3) is 6.59. The van der Waals surface area contributed by atoms with Crippen LogP contribution >= 0.6 is 11.6 Å². The number of carbonyl (C=O) groups excluding carboxylic acids is 1. The van der Waals surface area contributed by atoms with Gasteiger partial charge < -0.3 is 20.9 Å². The van der Waals surface area contributed by atoms with E-state index >= 15 is 0 Å². The number of amidine groups is 1. The zero-order valence-corrected chi connectivity index (χ0v) is 16.8. The first-order chi connectivity index (χ1) is 15.0. The van der Waals surface area contributed by atoms with Crippen LogP contribution in [0.5, 0.6) is 0 Å². The maximum Gasteiger partial charge on any atom is 0.490 e. The van der Waals surface area contributed by atoms with Crippen molar-refractivity contribution in [3.63, 3.8) is 0 Å². The van der Waals surface area contributed by atoms with Crippen molar-refractivity contribution in [2.75, 3.05) is 25.2 Å². The predicted molar refractivity (Wildman–Crippen MR) is 105 cm³/mol. The van der Waals surface area contributed by atoms with Crippen molar-refractivity contribution in [2.24, 2.45) is 10.7 Å². The second-order valence-corrected chi connectivity index (χ2v) is 6.72. The van der Waals surface area contributed by atoms with Crippen LogP contribution in [0.25, 0.3) is 0 Å². The molecule has 172 valence electrons. The van der Waals surface area contributed by atoms with Crippen LogP contribution < -0.4 is 11.1 Å². The van der Waals surface area contributed by atoms with E-state index in [1.165, 1.54) is 12.3 Å². The van der Waals surface area contributed by atoms with Gasteiger partial charge in [-0.25, -0.2) is 19.2 Å². The molecular formula is C18H16ClF4N5O4. The highest BCUT2D eigenvalue weighted by Crippen LogP contribution is 2.29. The van der Waals surface area contributed by atoms with Gasteiger partial charge in [0, 0.05) is 6.20 Å². The third-order valence-electron chi connectivity index (χ3n) is 3.84. The van der Waals surface area contributed by atoms with Crippen molar-refractivity contribution < 1.29 is 37.0 Å². The van der Waals surface area contributed by atoms with Gasteiger partial charge in [-0.15, -0.1) is 0 Å². The SMILES string of the molecule is NC1=NC(CF)(c2cccc(NC(=O)c3ccc(Cl)cn3)n2)COC1.O=C(O)C(F)(F)F. The molecule has 0 radical (unpaired) electrons. The van der Waals surface area contributed by atoms with Gasteiger partial charge in [0.05, 0.1) is 17.3 Å². The second kappa shape index (κ2) is 10.3. The number of halogens is 5. The summed E-state index contributed by atoms with van der Waals surface area (Å²) < 4.78 is 50.7. The van der Waals surface area contributed by atoms with Crippen molar-refractivity contribution in [1.29, 1.82) is 0 Å². The predicted octanol–water partition coefficient (Wildman–Crippen LogP) is 2.57. The molecule has 32 heavy (non-hydrogen) atoms. The maximum absolute atomic E-state index is 13.7. The molecule has 1 unspecified atom stereocenters. The summed E-state index contributed by atoms with van der Waals surface area (Å²) >= 11 is 5.75. The third-order valence-corrected chi connectivity index (χ3v) is 4.06. The Balaban J connectivity index is 0.000000451. The Morgan fingerprint density at radius 2 is 1.97 bits per heavy atom. The molecule has 0 bridgehead atoms. The molecule has 2 aromatic heterocycles. The number of nitrogens with two attached hydrogens (primary N) is 1. The number of ether oxygens (including phenoxy) is 1. The molecule has 0 spiro atoms. The van der Waals surface area contributed by atoms with Gasteiger partial charge in [0.25, 0.3) is 5.91 Å². The van der Waals surface area contributed by atoms with E-state index in [0.29, 0.717) is 10.7 Å². The van der Waals surface area contributed by atoms with Crippen LogP contribution in [0.2, 0.25) is 5.02 Å². The molecule has 0 saturated carbocycles. The van der Waals surface area contributed by atoms with Crippen molar-refractivity contribution in [2.45, 2.75) is 11.7 Å². The van der Waals surface area contributed by atoms with Crippen molar-refractivity contribution in [1.82, 2.24) is 9.97 Å². The minimum Gasteiger partial charge on any atom is -0.475 e. The Morgan fingerprint density at radius 1 is 1.28 bits per heavy atom. The number of alkyl halides is 4. The number of carboxylic acid groups (broad SMARTS) is 1. The van der Waals surface area contributed by atoms with Crippen LogP contribution in [0, 0.1) is 0 Å². The van der Waals surface area contributed by atoms with Gasteiger partial charge in [-0.3, -0.25) is 9.79 Å². The summed E-state index contributed by atoms with van der Waals surface area (Å²) in [5.74, 6) is -2.78.